The van der Waals surface area contributed by atoms with Crippen molar-refractivity contribution in [2.45, 2.75) is 18.9 Å². The summed E-state index contributed by atoms with van der Waals surface area (Å²) in [5.74, 6) is -0.154. The van der Waals surface area contributed by atoms with E-state index in [1.54, 1.807) is 24.3 Å². The molecule has 2 unspecified atom stereocenters. The van der Waals surface area contributed by atoms with E-state index in [1.807, 2.05) is 30.3 Å². The van der Waals surface area contributed by atoms with Gasteiger partial charge in [0.25, 0.3) is 5.91 Å². The number of carbonyl (C=O) groups excluding carboxylic acids is 2. The van der Waals surface area contributed by atoms with Crippen molar-refractivity contribution in [2.24, 2.45) is 5.92 Å². The van der Waals surface area contributed by atoms with Crippen molar-refractivity contribution in [1.29, 1.82) is 0 Å². The number of carbonyl (C=O) groups is 2. The molecule has 2 amide bonds. The fourth-order valence-corrected chi connectivity index (χ4v) is 3.14. The van der Waals surface area contributed by atoms with E-state index >= 15 is 0 Å². The molecule has 6 heteroatoms. The Balaban J connectivity index is 1.67. The Labute approximate surface area is 164 Å². The van der Waals surface area contributed by atoms with Gasteiger partial charge in [-0.25, -0.2) is 0 Å². The maximum absolute atomic E-state index is 12.7. The predicted octanol–water partition coefficient (Wildman–Crippen LogP) is 2.83. The lowest BCUT2D eigenvalue weighted by Gasteiger charge is -2.20. The lowest BCUT2D eigenvalue weighted by Crippen LogP contribution is -2.49. The second-order valence-corrected chi connectivity index (χ2v) is 7.13. The van der Waals surface area contributed by atoms with Gasteiger partial charge in [-0.05, 0) is 36.2 Å². The van der Waals surface area contributed by atoms with Crippen molar-refractivity contribution in [2.75, 3.05) is 19.8 Å². The van der Waals surface area contributed by atoms with E-state index in [2.05, 4.69) is 10.6 Å². The van der Waals surface area contributed by atoms with Crippen LogP contribution in [0.2, 0.25) is 5.02 Å². The Morgan fingerprint density at radius 1 is 1.11 bits per heavy atom. The van der Waals surface area contributed by atoms with Gasteiger partial charge < -0.3 is 15.4 Å². The topological polar surface area (TPSA) is 67.4 Å². The van der Waals surface area contributed by atoms with Gasteiger partial charge in [-0.2, -0.15) is 0 Å². The second-order valence-electron chi connectivity index (χ2n) is 6.70. The van der Waals surface area contributed by atoms with E-state index in [4.69, 9.17) is 16.3 Å². The van der Waals surface area contributed by atoms with Gasteiger partial charge >= 0.3 is 0 Å². The van der Waals surface area contributed by atoms with Crippen molar-refractivity contribution in [3.63, 3.8) is 0 Å². The average Bonchev–Trinajstić information content (AvgIpc) is 3.20. The molecule has 27 heavy (non-hydrogen) atoms. The quantitative estimate of drug-likeness (QED) is 0.768. The van der Waals surface area contributed by atoms with E-state index in [-0.39, 0.29) is 11.8 Å². The molecule has 1 aliphatic heterocycles. The van der Waals surface area contributed by atoms with Gasteiger partial charge in [-0.3, -0.25) is 9.59 Å². The number of amides is 2. The predicted molar refractivity (Wildman–Crippen MR) is 105 cm³/mol. The van der Waals surface area contributed by atoms with Crippen LogP contribution in [0.1, 0.15) is 22.3 Å². The van der Waals surface area contributed by atoms with Gasteiger partial charge in [0.1, 0.15) is 6.04 Å². The molecule has 2 aromatic rings. The fraction of sp³-hybridized carbons (Fsp3) is 0.333. The molecule has 3 rings (SSSR count). The molecule has 0 saturated carbocycles. The molecule has 2 N–H and O–H groups in total. The van der Waals surface area contributed by atoms with Crippen LogP contribution in [0.25, 0.3) is 0 Å². The molecule has 2 atom stereocenters. The molecule has 0 bridgehead atoms. The number of halogens is 1. The van der Waals surface area contributed by atoms with Crippen molar-refractivity contribution in [3.8, 4) is 0 Å². The van der Waals surface area contributed by atoms with Crippen LogP contribution >= 0.6 is 11.6 Å². The first-order valence-electron chi connectivity index (χ1n) is 9.07. The third-order valence-corrected chi connectivity index (χ3v) is 4.85. The molecule has 2 aromatic carbocycles. The highest BCUT2D eigenvalue weighted by molar-refractivity contribution is 6.30. The summed E-state index contributed by atoms with van der Waals surface area (Å²) in [4.78, 5) is 25.3. The number of rotatable bonds is 7. The van der Waals surface area contributed by atoms with Crippen molar-refractivity contribution in [1.82, 2.24) is 10.6 Å². The molecule has 1 fully saturated rings. The first-order chi connectivity index (χ1) is 13.1. The first kappa shape index (κ1) is 19.4. The van der Waals surface area contributed by atoms with Gasteiger partial charge in [0.05, 0.1) is 6.61 Å². The molecule has 0 spiro atoms. The summed E-state index contributed by atoms with van der Waals surface area (Å²) >= 11 is 5.88. The fourth-order valence-electron chi connectivity index (χ4n) is 3.01. The minimum atomic E-state index is -0.655. The zero-order valence-electron chi connectivity index (χ0n) is 15.0. The Hall–Kier alpha value is -2.37. The standard InChI is InChI=1S/C21H23ClN2O3/c22-18-8-6-17(7-9-18)20(25)24-19(12-15-4-2-1-3-5-15)21(26)23-13-16-10-11-27-14-16/h1-9,16,19H,10-14H2,(H,23,26)(H,24,25). The highest BCUT2D eigenvalue weighted by atomic mass is 35.5. The van der Waals surface area contributed by atoms with E-state index in [0.717, 1.165) is 18.6 Å². The van der Waals surface area contributed by atoms with Gasteiger partial charge in [0, 0.05) is 36.1 Å². The lowest BCUT2D eigenvalue weighted by atomic mass is 10.0. The highest BCUT2D eigenvalue weighted by Gasteiger charge is 2.24. The van der Waals surface area contributed by atoms with Crippen molar-refractivity contribution >= 4 is 23.4 Å². The maximum atomic E-state index is 12.7. The number of nitrogens with one attached hydrogen (secondary N) is 2. The third-order valence-electron chi connectivity index (χ3n) is 4.60. The summed E-state index contributed by atoms with van der Waals surface area (Å²) in [5, 5.41) is 6.37. The molecule has 1 heterocycles. The molecule has 5 nitrogen and oxygen atoms in total. The molecule has 142 valence electrons. The van der Waals surface area contributed by atoms with Crippen molar-refractivity contribution in [3.05, 3.63) is 70.7 Å². The molecule has 1 aliphatic rings. The lowest BCUT2D eigenvalue weighted by molar-refractivity contribution is -0.123. The van der Waals surface area contributed by atoms with Gasteiger partial charge in [-0.1, -0.05) is 41.9 Å². The van der Waals surface area contributed by atoms with Crippen LogP contribution in [-0.4, -0.2) is 37.6 Å². The Morgan fingerprint density at radius 2 is 1.85 bits per heavy atom. The molecule has 0 aliphatic carbocycles. The Bertz CT molecular complexity index is 759. The summed E-state index contributed by atoms with van der Waals surface area (Å²) in [6.45, 7) is 1.96. The van der Waals surface area contributed by atoms with Crippen LogP contribution in [0.5, 0.6) is 0 Å². The zero-order chi connectivity index (χ0) is 19.1. The van der Waals surface area contributed by atoms with E-state index in [0.29, 0.717) is 36.1 Å². The van der Waals surface area contributed by atoms with Crippen LogP contribution in [0.3, 0.4) is 0 Å². The van der Waals surface area contributed by atoms with Gasteiger partial charge in [0.2, 0.25) is 5.91 Å². The summed E-state index contributed by atoms with van der Waals surface area (Å²) in [7, 11) is 0. The molecule has 1 saturated heterocycles. The third kappa shape index (κ3) is 5.81. The smallest absolute Gasteiger partial charge is 0.251 e. The zero-order valence-corrected chi connectivity index (χ0v) is 15.7. The SMILES string of the molecule is O=C(NC(Cc1ccccc1)C(=O)NCC1CCOC1)c1ccc(Cl)cc1. The van der Waals surface area contributed by atoms with E-state index in [9.17, 15) is 9.59 Å². The summed E-state index contributed by atoms with van der Waals surface area (Å²) in [5.41, 5.74) is 1.45. The monoisotopic (exact) mass is 386 g/mol. The van der Waals surface area contributed by atoms with Gasteiger partial charge in [0.15, 0.2) is 0 Å². The number of hydrogen-bond acceptors (Lipinski definition) is 3. The first-order valence-corrected chi connectivity index (χ1v) is 9.45. The normalized spacial score (nSPS) is 17.3. The van der Waals surface area contributed by atoms with Crippen LogP contribution < -0.4 is 10.6 Å². The molecule has 0 aromatic heterocycles. The minimum Gasteiger partial charge on any atom is -0.381 e. The molecular weight excluding hydrogens is 364 g/mol. The average molecular weight is 387 g/mol. The van der Waals surface area contributed by atoms with Gasteiger partial charge in [-0.15, -0.1) is 0 Å². The number of benzene rings is 2. The van der Waals surface area contributed by atoms with E-state index in [1.165, 1.54) is 0 Å². The van der Waals surface area contributed by atoms with Crippen LogP contribution in [-0.2, 0) is 16.0 Å². The van der Waals surface area contributed by atoms with Crippen LogP contribution in [0.4, 0.5) is 0 Å². The Morgan fingerprint density at radius 3 is 2.52 bits per heavy atom. The van der Waals surface area contributed by atoms with Crippen LogP contribution in [0.15, 0.2) is 54.6 Å². The van der Waals surface area contributed by atoms with E-state index < -0.39 is 6.04 Å². The Kier molecular flexibility index (Phi) is 6.85. The summed E-state index contributed by atoms with van der Waals surface area (Å²) in [6, 6.07) is 15.6. The largest absolute Gasteiger partial charge is 0.381 e. The number of ether oxygens (including phenoxy) is 1. The molecule has 0 radical (unpaired) electrons. The number of hydrogen-bond donors (Lipinski definition) is 2. The highest BCUT2D eigenvalue weighted by Crippen LogP contribution is 2.12. The summed E-state index contributed by atoms with van der Waals surface area (Å²) in [6.07, 6.45) is 1.37. The minimum absolute atomic E-state index is 0.187. The maximum Gasteiger partial charge on any atom is 0.251 e. The second kappa shape index (κ2) is 9.53. The summed E-state index contributed by atoms with van der Waals surface area (Å²) < 4.78 is 5.35. The van der Waals surface area contributed by atoms with Crippen molar-refractivity contribution < 1.29 is 14.3 Å². The van der Waals surface area contributed by atoms with Crippen LogP contribution in [0, 0.1) is 5.92 Å². The molecular formula is C21H23ClN2O3.